The zero-order chi connectivity index (χ0) is 24.7. The minimum Gasteiger partial charge on any atom is -0.368 e. The number of piperazine rings is 1. The predicted molar refractivity (Wildman–Crippen MR) is 138 cm³/mol. The van der Waals surface area contributed by atoms with Crippen LogP contribution in [0.5, 0.6) is 0 Å². The van der Waals surface area contributed by atoms with Crippen molar-refractivity contribution in [3.05, 3.63) is 45.5 Å². The minimum absolute atomic E-state index is 0.0480. The number of hydrogen-bond donors (Lipinski definition) is 1. The van der Waals surface area contributed by atoms with E-state index in [-0.39, 0.29) is 22.9 Å². The Balaban J connectivity index is 1.52. The topological polar surface area (TPSA) is 96.2 Å². The molecule has 0 radical (unpaired) electrons. The number of aryl methyl sites for hydroxylation is 2. The maximum absolute atomic E-state index is 13.5. The molecule has 0 amide bonds. The van der Waals surface area contributed by atoms with Crippen LogP contribution in [0.3, 0.4) is 0 Å². The van der Waals surface area contributed by atoms with Gasteiger partial charge in [0.05, 0.1) is 23.1 Å². The molecule has 1 aliphatic heterocycles. The lowest BCUT2D eigenvalue weighted by Gasteiger charge is -2.33. The van der Waals surface area contributed by atoms with Gasteiger partial charge in [0.1, 0.15) is 11.5 Å². The van der Waals surface area contributed by atoms with Crippen molar-refractivity contribution < 1.29 is 4.79 Å². The number of rotatable bonds is 5. The number of aromatic nitrogens is 4. The van der Waals surface area contributed by atoms with Gasteiger partial charge in [0.2, 0.25) is 5.95 Å². The Morgan fingerprint density at radius 1 is 1.06 bits per heavy atom. The van der Waals surface area contributed by atoms with Crippen molar-refractivity contribution in [2.24, 2.45) is 0 Å². The maximum Gasteiger partial charge on any atom is 0.263 e. The van der Waals surface area contributed by atoms with Crippen molar-refractivity contribution in [1.82, 2.24) is 24.4 Å². The van der Waals surface area contributed by atoms with Crippen LogP contribution in [0.15, 0.2) is 23.1 Å². The number of carbonyl (C=O) groups is 1. The van der Waals surface area contributed by atoms with Gasteiger partial charge in [-0.1, -0.05) is 12.8 Å². The number of Topliss-reactive ketones (excluding diaryl/α,β-unsaturated/α-hetero) is 1. The van der Waals surface area contributed by atoms with Gasteiger partial charge >= 0.3 is 0 Å². The quantitative estimate of drug-likeness (QED) is 0.559. The smallest absolute Gasteiger partial charge is 0.263 e. The fourth-order valence-electron chi connectivity index (χ4n) is 5.47. The average molecular weight is 476 g/mol. The average Bonchev–Trinajstić information content (AvgIpc) is 3.34. The van der Waals surface area contributed by atoms with Crippen molar-refractivity contribution >= 4 is 34.3 Å². The number of nitrogens with zero attached hydrogens (tertiary/aromatic N) is 6. The second kappa shape index (κ2) is 9.37. The molecule has 0 spiro atoms. The zero-order valence-electron chi connectivity index (χ0n) is 21.0. The molecular formula is C26H33N7O2. The van der Waals surface area contributed by atoms with E-state index in [0.717, 1.165) is 68.6 Å². The highest BCUT2D eigenvalue weighted by Gasteiger charge is 2.27. The normalized spacial score (nSPS) is 17.3. The lowest BCUT2D eigenvalue weighted by Crippen LogP contribution is -2.44. The fraction of sp³-hybridized carbons (Fsp3) is 0.500. The third-order valence-electron chi connectivity index (χ3n) is 7.38. The van der Waals surface area contributed by atoms with Gasteiger partial charge in [0.25, 0.3) is 5.56 Å². The van der Waals surface area contributed by atoms with Crippen LogP contribution in [0.1, 0.15) is 60.3 Å². The van der Waals surface area contributed by atoms with Gasteiger partial charge < -0.3 is 15.1 Å². The first-order valence-corrected chi connectivity index (χ1v) is 12.4. The molecule has 3 aromatic rings. The summed E-state index contributed by atoms with van der Waals surface area (Å²) in [7, 11) is 2.14. The number of anilines is 3. The van der Waals surface area contributed by atoms with Crippen LogP contribution >= 0.6 is 0 Å². The summed E-state index contributed by atoms with van der Waals surface area (Å²) in [6.07, 6.45) is 5.84. The van der Waals surface area contributed by atoms with E-state index in [1.54, 1.807) is 4.57 Å². The fourth-order valence-corrected chi connectivity index (χ4v) is 5.47. The highest BCUT2D eigenvalue weighted by molar-refractivity contribution is 6.00. The van der Waals surface area contributed by atoms with Crippen molar-refractivity contribution in [3.8, 4) is 0 Å². The van der Waals surface area contributed by atoms with E-state index in [2.05, 4.69) is 38.2 Å². The van der Waals surface area contributed by atoms with Crippen molar-refractivity contribution in [3.63, 3.8) is 0 Å². The zero-order valence-corrected chi connectivity index (χ0v) is 21.0. The summed E-state index contributed by atoms with van der Waals surface area (Å²) in [5, 5.41) is 4.01. The minimum atomic E-state index is -0.242. The highest BCUT2D eigenvalue weighted by Crippen LogP contribution is 2.33. The molecule has 4 heterocycles. The number of likely N-dealkylation sites (N-methyl/N-ethyl adjacent to an activating group) is 1. The Morgan fingerprint density at radius 2 is 1.77 bits per heavy atom. The Hall–Kier alpha value is -3.33. The van der Waals surface area contributed by atoms with Crippen LogP contribution in [0, 0.1) is 13.8 Å². The third kappa shape index (κ3) is 4.40. The first-order valence-electron chi connectivity index (χ1n) is 12.4. The van der Waals surface area contributed by atoms with E-state index in [9.17, 15) is 9.59 Å². The molecule has 0 aromatic carbocycles. The molecule has 184 valence electrons. The van der Waals surface area contributed by atoms with Crippen molar-refractivity contribution in [2.45, 2.75) is 52.5 Å². The van der Waals surface area contributed by atoms with Crippen molar-refractivity contribution in [1.29, 1.82) is 0 Å². The molecule has 0 atom stereocenters. The molecule has 5 rings (SSSR count). The first-order chi connectivity index (χ1) is 16.8. The Kier molecular flexibility index (Phi) is 6.27. The highest BCUT2D eigenvalue weighted by atomic mass is 16.1. The number of pyridine rings is 2. The molecule has 1 saturated heterocycles. The Bertz CT molecular complexity index is 1320. The molecule has 0 unspecified atom stereocenters. The number of hydrogen-bond acceptors (Lipinski definition) is 8. The molecule has 2 aliphatic rings. The molecule has 35 heavy (non-hydrogen) atoms. The first kappa shape index (κ1) is 23.4. The van der Waals surface area contributed by atoms with Gasteiger partial charge in [0, 0.05) is 37.6 Å². The molecule has 2 fully saturated rings. The number of nitrogens with one attached hydrogen (secondary N) is 1. The van der Waals surface area contributed by atoms with Gasteiger partial charge in [-0.15, -0.1) is 0 Å². The van der Waals surface area contributed by atoms with Gasteiger partial charge in [-0.2, -0.15) is 4.98 Å². The summed E-state index contributed by atoms with van der Waals surface area (Å²) >= 11 is 0. The number of fused-ring (bicyclic) bond motifs is 1. The molecule has 1 saturated carbocycles. The molecule has 3 aromatic heterocycles. The molecule has 1 aliphatic carbocycles. The van der Waals surface area contributed by atoms with Crippen molar-refractivity contribution in [2.75, 3.05) is 43.4 Å². The molecular weight excluding hydrogens is 442 g/mol. The lowest BCUT2D eigenvalue weighted by atomic mass is 10.0. The largest absolute Gasteiger partial charge is 0.368 e. The van der Waals surface area contributed by atoms with Crippen LogP contribution < -0.4 is 15.8 Å². The summed E-state index contributed by atoms with van der Waals surface area (Å²) in [4.78, 5) is 44.6. The summed E-state index contributed by atoms with van der Waals surface area (Å²) in [5.74, 6) is 0.830. The lowest BCUT2D eigenvalue weighted by molar-refractivity contribution is 0.101. The molecule has 9 nitrogen and oxygen atoms in total. The van der Waals surface area contributed by atoms with Crippen LogP contribution in [0.25, 0.3) is 11.0 Å². The summed E-state index contributed by atoms with van der Waals surface area (Å²) in [6, 6.07) is 4.05. The molecule has 9 heteroatoms. The van der Waals surface area contributed by atoms with Gasteiger partial charge in [-0.3, -0.25) is 14.2 Å². The SMILES string of the molecule is CC(=O)c1c(C)c2c(C)nc(Nc3ccc(N4CCN(C)CC4)cn3)nc2n(C2CCCC2)c1=O. The number of carbonyl (C=O) groups excluding carboxylic acids is 1. The van der Waals surface area contributed by atoms with Gasteiger partial charge in [-0.25, -0.2) is 9.97 Å². The number of ketones is 1. The van der Waals surface area contributed by atoms with Crippen LogP contribution in [-0.4, -0.2) is 63.4 Å². The standard InChI is InChI=1S/C26H33N7O2/c1-16-22-17(2)28-26(29-21-10-9-20(15-27-21)32-13-11-31(4)12-14-32)30-24(22)33(19-7-5-6-8-19)25(35)23(16)18(3)34/h9-10,15,19H,5-8,11-14H2,1-4H3,(H,27,28,29,30). The predicted octanol–water partition coefficient (Wildman–Crippen LogP) is 3.62. The van der Waals surface area contributed by atoms with E-state index in [0.29, 0.717) is 23.0 Å². The summed E-state index contributed by atoms with van der Waals surface area (Å²) in [6.45, 7) is 9.23. The third-order valence-corrected chi connectivity index (χ3v) is 7.38. The van der Waals surface area contributed by atoms with E-state index in [1.165, 1.54) is 6.92 Å². The Morgan fingerprint density at radius 3 is 2.40 bits per heavy atom. The second-order valence-corrected chi connectivity index (χ2v) is 9.82. The van der Waals surface area contributed by atoms with E-state index >= 15 is 0 Å². The van der Waals surface area contributed by atoms with E-state index in [1.807, 2.05) is 26.1 Å². The monoisotopic (exact) mass is 475 g/mol. The van der Waals surface area contributed by atoms with Crippen LogP contribution in [0.2, 0.25) is 0 Å². The Labute approximate surface area is 205 Å². The van der Waals surface area contributed by atoms with Crippen LogP contribution in [-0.2, 0) is 0 Å². The van der Waals surface area contributed by atoms with Gasteiger partial charge in [-0.05, 0) is 58.4 Å². The molecule has 1 N–H and O–H groups in total. The molecule has 0 bridgehead atoms. The van der Waals surface area contributed by atoms with E-state index in [4.69, 9.17) is 4.98 Å². The maximum atomic E-state index is 13.5. The second-order valence-electron chi connectivity index (χ2n) is 9.82. The van der Waals surface area contributed by atoms with E-state index < -0.39 is 0 Å². The van der Waals surface area contributed by atoms with Crippen LogP contribution in [0.4, 0.5) is 17.5 Å². The van der Waals surface area contributed by atoms with Gasteiger partial charge in [0.15, 0.2) is 5.78 Å². The summed E-state index contributed by atoms with van der Waals surface area (Å²) < 4.78 is 1.75. The summed E-state index contributed by atoms with van der Waals surface area (Å²) in [5.41, 5.74) is 3.09.